The van der Waals surface area contributed by atoms with Crippen LogP contribution in [0.25, 0.3) is 10.4 Å². The van der Waals surface area contributed by atoms with Crippen LogP contribution < -0.4 is 0 Å². The summed E-state index contributed by atoms with van der Waals surface area (Å²) in [5, 5.41) is 23.7. The van der Waals surface area contributed by atoms with Crippen LogP contribution in [0.5, 0.6) is 11.5 Å². The molecular formula is C17H21N3O2. The number of phenolic OH excluding ortho intramolecular Hbond substituents is 2. The Kier molecular flexibility index (Phi) is 4.78. The highest BCUT2D eigenvalue weighted by Crippen LogP contribution is 2.45. The predicted molar refractivity (Wildman–Crippen MR) is 86.7 cm³/mol. The van der Waals surface area contributed by atoms with Crippen molar-refractivity contribution >= 4 is 0 Å². The number of rotatable bonds is 4. The minimum absolute atomic E-state index is 0.0178. The van der Waals surface area contributed by atoms with Crippen molar-refractivity contribution in [2.75, 3.05) is 0 Å². The maximum absolute atomic E-state index is 10.4. The fourth-order valence-electron chi connectivity index (χ4n) is 3.21. The maximum Gasteiger partial charge on any atom is 0.123 e. The molecule has 0 saturated carbocycles. The highest BCUT2D eigenvalue weighted by atomic mass is 16.3. The van der Waals surface area contributed by atoms with Crippen LogP contribution in [0.15, 0.2) is 41.0 Å². The van der Waals surface area contributed by atoms with Crippen molar-refractivity contribution in [3.05, 3.63) is 57.5 Å². The molecule has 2 rings (SSSR count). The number of azide groups is 1. The van der Waals surface area contributed by atoms with E-state index >= 15 is 0 Å². The molecule has 22 heavy (non-hydrogen) atoms. The fraction of sp³-hybridized carbons (Fsp3) is 0.412. The topological polar surface area (TPSA) is 89.2 Å². The standard InChI is InChI=1S/C17H21N3O2/c1-10(2)14-5-4-11(3)6-15(14)17-12(9-19-20-18)7-13(21)8-16(17)22/h6-8,14-15,21-22H,1,4-5,9H2,2-3H3/t14-,15+/m0/s1. The van der Waals surface area contributed by atoms with Crippen molar-refractivity contribution in [3.8, 4) is 11.5 Å². The summed E-state index contributed by atoms with van der Waals surface area (Å²) >= 11 is 0. The zero-order valence-electron chi connectivity index (χ0n) is 13.0. The van der Waals surface area contributed by atoms with E-state index in [0.29, 0.717) is 5.56 Å². The second kappa shape index (κ2) is 6.58. The third-order valence-corrected chi connectivity index (χ3v) is 4.25. The van der Waals surface area contributed by atoms with Crippen molar-refractivity contribution in [3.63, 3.8) is 0 Å². The highest BCUT2D eigenvalue weighted by molar-refractivity contribution is 5.50. The molecule has 0 unspecified atom stereocenters. The lowest BCUT2D eigenvalue weighted by Crippen LogP contribution is -2.18. The average Bonchev–Trinajstić information content (AvgIpc) is 2.44. The van der Waals surface area contributed by atoms with Crippen LogP contribution in [-0.4, -0.2) is 10.2 Å². The number of phenols is 2. The molecule has 0 saturated heterocycles. The number of hydrogen-bond donors (Lipinski definition) is 2. The summed E-state index contributed by atoms with van der Waals surface area (Å²) in [5.74, 6) is 0.206. The average molecular weight is 299 g/mol. The Balaban J connectivity index is 2.59. The molecule has 1 aliphatic rings. The molecule has 0 bridgehead atoms. The molecule has 1 aliphatic carbocycles. The lowest BCUT2D eigenvalue weighted by atomic mass is 9.73. The van der Waals surface area contributed by atoms with Crippen molar-refractivity contribution in [1.29, 1.82) is 0 Å². The van der Waals surface area contributed by atoms with Gasteiger partial charge in [-0.05, 0) is 49.8 Å². The van der Waals surface area contributed by atoms with Gasteiger partial charge in [-0.2, -0.15) is 0 Å². The summed E-state index contributed by atoms with van der Waals surface area (Å²) in [5.41, 5.74) is 12.3. The number of nitrogens with zero attached hydrogens (tertiary/aromatic N) is 3. The smallest absolute Gasteiger partial charge is 0.123 e. The molecule has 0 aromatic heterocycles. The van der Waals surface area contributed by atoms with Crippen LogP contribution in [0, 0.1) is 5.92 Å². The number of aromatic hydroxyl groups is 2. The summed E-state index contributed by atoms with van der Waals surface area (Å²) < 4.78 is 0. The Hall–Kier alpha value is -2.39. The molecule has 116 valence electrons. The molecule has 0 radical (unpaired) electrons. The van der Waals surface area contributed by atoms with Gasteiger partial charge < -0.3 is 10.2 Å². The summed E-state index contributed by atoms with van der Waals surface area (Å²) in [4.78, 5) is 2.77. The Morgan fingerprint density at radius 2 is 2.18 bits per heavy atom. The molecule has 0 fully saturated rings. The van der Waals surface area contributed by atoms with Gasteiger partial charge in [-0.3, -0.25) is 0 Å². The lowest BCUT2D eigenvalue weighted by molar-refractivity contribution is 0.423. The SMILES string of the molecule is C=C(C)[C@@H]1CCC(C)=C[C@H]1c1c(O)cc(O)cc1CN=[N+]=[N-]. The normalized spacial score (nSPS) is 20.9. The van der Waals surface area contributed by atoms with E-state index in [0.717, 1.165) is 24.0 Å². The molecule has 2 N–H and O–H groups in total. The van der Waals surface area contributed by atoms with Crippen LogP contribution in [0.4, 0.5) is 0 Å². The van der Waals surface area contributed by atoms with Crippen LogP contribution in [-0.2, 0) is 6.54 Å². The van der Waals surface area contributed by atoms with Crippen LogP contribution >= 0.6 is 0 Å². The third-order valence-electron chi connectivity index (χ3n) is 4.25. The van der Waals surface area contributed by atoms with Gasteiger partial charge in [-0.15, -0.1) is 0 Å². The molecule has 0 amide bonds. The van der Waals surface area contributed by atoms with E-state index < -0.39 is 0 Å². The van der Waals surface area contributed by atoms with Crippen LogP contribution in [0.3, 0.4) is 0 Å². The molecule has 5 nitrogen and oxygen atoms in total. The zero-order chi connectivity index (χ0) is 16.3. The van der Waals surface area contributed by atoms with Gasteiger partial charge in [0.1, 0.15) is 11.5 Å². The van der Waals surface area contributed by atoms with Crippen molar-refractivity contribution in [2.45, 2.75) is 39.2 Å². The number of allylic oxidation sites excluding steroid dienone is 3. The van der Waals surface area contributed by atoms with Gasteiger partial charge in [0.05, 0.1) is 6.54 Å². The molecule has 1 aromatic rings. The van der Waals surface area contributed by atoms with Crippen molar-refractivity contribution in [2.24, 2.45) is 11.0 Å². The van der Waals surface area contributed by atoms with Gasteiger partial charge in [0, 0.05) is 22.5 Å². The Labute approximate surface area is 130 Å². The van der Waals surface area contributed by atoms with Gasteiger partial charge >= 0.3 is 0 Å². The lowest BCUT2D eigenvalue weighted by Gasteiger charge is -2.32. The van der Waals surface area contributed by atoms with Gasteiger partial charge in [-0.1, -0.05) is 28.9 Å². The molecule has 2 atom stereocenters. The van der Waals surface area contributed by atoms with E-state index in [1.165, 1.54) is 11.6 Å². The molecule has 0 aliphatic heterocycles. The van der Waals surface area contributed by atoms with E-state index in [2.05, 4.69) is 29.6 Å². The number of benzene rings is 1. The first-order valence-electron chi connectivity index (χ1n) is 7.32. The first kappa shape index (κ1) is 16.0. The zero-order valence-corrected chi connectivity index (χ0v) is 13.0. The first-order valence-corrected chi connectivity index (χ1v) is 7.32. The van der Waals surface area contributed by atoms with E-state index in [9.17, 15) is 10.2 Å². The Bertz CT molecular complexity index is 673. The minimum atomic E-state index is -0.0345. The quantitative estimate of drug-likeness (QED) is 0.357. The van der Waals surface area contributed by atoms with Gasteiger partial charge in [0.15, 0.2) is 0 Å². The fourth-order valence-corrected chi connectivity index (χ4v) is 3.21. The maximum atomic E-state index is 10.4. The van der Waals surface area contributed by atoms with Crippen LogP contribution in [0.2, 0.25) is 0 Å². The molecule has 0 heterocycles. The molecular weight excluding hydrogens is 278 g/mol. The third kappa shape index (κ3) is 3.26. The van der Waals surface area contributed by atoms with Crippen molar-refractivity contribution in [1.82, 2.24) is 0 Å². The van der Waals surface area contributed by atoms with Gasteiger partial charge in [-0.25, -0.2) is 0 Å². The highest BCUT2D eigenvalue weighted by Gasteiger charge is 2.29. The molecule has 1 aromatic carbocycles. The Morgan fingerprint density at radius 1 is 1.45 bits per heavy atom. The van der Waals surface area contributed by atoms with E-state index in [-0.39, 0.29) is 29.9 Å². The molecule has 0 spiro atoms. The summed E-state index contributed by atoms with van der Waals surface area (Å²) in [7, 11) is 0. The van der Waals surface area contributed by atoms with Crippen LogP contribution in [0.1, 0.15) is 43.7 Å². The number of hydrogen-bond acceptors (Lipinski definition) is 3. The van der Waals surface area contributed by atoms with E-state index in [4.69, 9.17) is 5.53 Å². The second-order valence-corrected chi connectivity index (χ2v) is 5.96. The second-order valence-electron chi connectivity index (χ2n) is 5.96. The summed E-state index contributed by atoms with van der Waals surface area (Å²) in [6, 6.07) is 2.89. The van der Waals surface area contributed by atoms with Gasteiger partial charge in [0.2, 0.25) is 0 Å². The van der Waals surface area contributed by atoms with Crippen molar-refractivity contribution < 1.29 is 10.2 Å². The van der Waals surface area contributed by atoms with E-state index in [1.807, 2.05) is 6.92 Å². The summed E-state index contributed by atoms with van der Waals surface area (Å²) in [6.07, 6.45) is 4.14. The van der Waals surface area contributed by atoms with Gasteiger partial charge in [0.25, 0.3) is 0 Å². The predicted octanol–water partition coefficient (Wildman–Crippen LogP) is 4.92. The molecule has 5 heteroatoms. The minimum Gasteiger partial charge on any atom is -0.508 e. The monoisotopic (exact) mass is 299 g/mol. The van der Waals surface area contributed by atoms with E-state index in [1.54, 1.807) is 6.07 Å². The summed E-state index contributed by atoms with van der Waals surface area (Å²) in [6.45, 7) is 8.25. The first-order chi connectivity index (χ1) is 10.4. The Morgan fingerprint density at radius 3 is 2.82 bits per heavy atom. The largest absolute Gasteiger partial charge is 0.508 e.